The van der Waals surface area contributed by atoms with Gasteiger partial charge in [-0.05, 0) is 36.8 Å². The van der Waals surface area contributed by atoms with Crippen LogP contribution >= 0.6 is 11.8 Å². The van der Waals surface area contributed by atoms with E-state index in [-0.39, 0.29) is 0 Å². The topological polar surface area (TPSA) is 37.8 Å². The van der Waals surface area contributed by atoms with E-state index in [2.05, 4.69) is 34.0 Å². The largest absolute Gasteiger partial charge is 0.308 e. The Bertz CT molecular complexity index is 298. The van der Waals surface area contributed by atoms with Crippen molar-refractivity contribution in [2.24, 2.45) is 5.92 Å². The SMILES string of the molecule is CCCNC(c1cnccn1)C1CCSC1. The summed E-state index contributed by atoms with van der Waals surface area (Å²) >= 11 is 2.05. The van der Waals surface area contributed by atoms with E-state index in [0.29, 0.717) is 12.0 Å². The second-order valence-corrected chi connectivity index (χ2v) is 5.34. The van der Waals surface area contributed by atoms with Gasteiger partial charge in [-0.2, -0.15) is 11.8 Å². The molecule has 1 saturated heterocycles. The Morgan fingerprint density at radius 3 is 3.12 bits per heavy atom. The summed E-state index contributed by atoms with van der Waals surface area (Å²) in [6.07, 6.45) is 7.89. The molecule has 88 valence electrons. The summed E-state index contributed by atoms with van der Waals surface area (Å²) in [4.78, 5) is 8.62. The molecule has 1 aromatic heterocycles. The van der Waals surface area contributed by atoms with Crippen molar-refractivity contribution >= 4 is 11.8 Å². The van der Waals surface area contributed by atoms with Crippen LogP contribution in [0.1, 0.15) is 31.5 Å². The minimum Gasteiger partial charge on any atom is -0.308 e. The van der Waals surface area contributed by atoms with E-state index in [9.17, 15) is 0 Å². The molecule has 0 spiro atoms. The molecule has 1 aliphatic rings. The lowest BCUT2D eigenvalue weighted by atomic mass is 9.96. The monoisotopic (exact) mass is 237 g/mol. The van der Waals surface area contributed by atoms with Gasteiger partial charge < -0.3 is 5.32 Å². The molecule has 2 unspecified atom stereocenters. The summed E-state index contributed by atoms with van der Waals surface area (Å²) in [5.41, 5.74) is 1.10. The molecule has 0 radical (unpaired) electrons. The van der Waals surface area contributed by atoms with E-state index in [1.807, 2.05) is 6.20 Å². The van der Waals surface area contributed by atoms with Gasteiger partial charge in [0.1, 0.15) is 0 Å². The molecule has 0 saturated carbocycles. The quantitative estimate of drug-likeness (QED) is 0.852. The predicted octanol–water partition coefficient (Wildman–Crippen LogP) is 2.27. The molecule has 1 aliphatic heterocycles. The lowest BCUT2D eigenvalue weighted by Crippen LogP contribution is -2.29. The molecule has 3 nitrogen and oxygen atoms in total. The van der Waals surface area contributed by atoms with E-state index in [1.54, 1.807) is 12.4 Å². The number of nitrogens with one attached hydrogen (secondary N) is 1. The maximum atomic E-state index is 4.44. The first-order chi connectivity index (χ1) is 7.92. The van der Waals surface area contributed by atoms with Gasteiger partial charge in [-0.3, -0.25) is 9.97 Å². The van der Waals surface area contributed by atoms with Crippen LogP contribution in [-0.4, -0.2) is 28.0 Å². The Morgan fingerprint density at radius 1 is 1.56 bits per heavy atom. The second-order valence-electron chi connectivity index (χ2n) is 4.19. The average Bonchev–Trinajstić information content (AvgIpc) is 2.85. The van der Waals surface area contributed by atoms with Gasteiger partial charge in [-0.1, -0.05) is 6.92 Å². The van der Waals surface area contributed by atoms with Crippen molar-refractivity contribution in [3.05, 3.63) is 24.3 Å². The van der Waals surface area contributed by atoms with Crippen LogP contribution in [0, 0.1) is 5.92 Å². The van der Waals surface area contributed by atoms with Crippen molar-refractivity contribution in [2.75, 3.05) is 18.1 Å². The fraction of sp³-hybridized carbons (Fsp3) is 0.667. The third-order valence-electron chi connectivity index (χ3n) is 2.95. The summed E-state index contributed by atoms with van der Waals surface area (Å²) in [6, 6.07) is 0.392. The summed E-state index contributed by atoms with van der Waals surface area (Å²) in [7, 11) is 0. The van der Waals surface area contributed by atoms with Crippen molar-refractivity contribution < 1.29 is 0 Å². The van der Waals surface area contributed by atoms with Gasteiger partial charge in [-0.15, -0.1) is 0 Å². The molecular formula is C12H19N3S. The Morgan fingerprint density at radius 2 is 2.50 bits per heavy atom. The van der Waals surface area contributed by atoms with Crippen LogP contribution in [0.2, 0.25) is 0 Å². The average molecular weight is 237 g/mol. The van der Waals surface area contributed by atoms with Gasteiger partial charge in [0.25, 0.3) is 0 Å². The number of hydrogen-bond donors (Lipinski definition) is 1. The second kappa shape index (κ2) is 6.21. The van der Waals surface area contributed by atoms with Crippen LogP contribution < -0.4 is 5.32 Å². The Balaban J connectivity index is 2.07. The maximum Gasteiger partial charge on any atom is 0.0759 e. The first-order valence-corrected chi connectivity index (χ1v) is 7.14. The highest BCUT2D eigenvalue weighted by Gasteiger charge is 2.27. The van der Waals surface area contributed by atoms with Crippen molar-refractivity contribution in [1.29, 1.82) is 0 Å². The summed E-state index contributed by atoms with van der Waals surface area (Å²) in [5.74, 6) is 3.25. The standard InChI is InChI=1S/C12H19N3S/c1-2-4-15-12(10-3-7-16-9-10)11-8-13-5-6-14-11/h5-6,8,10,12,15H,2-4,7,9H2,1H3. The molecule has 0 aromatic carbocycles. The molecule has 2 rings (SSSR count). The van der Waals surface area contributed by atoms with Crippen LogP contribution in [0.25, 0.3) is 0 Å². The molecular weight excluding hydrogens is 218 g/mol. The fourth-order valence-electron chi connectivity index (χ4n) is 2.10. The Kier molecular flexibility index (Phi) is 4.60. The van der Waals surface area contributed by atoms with Crippen molar-refractivity contribution in [2.45, 2.75) is 25.8 Å². The Hall–Kier alpha value is -0.610. The number of nitrogens with zero attached hydrogens (tertiary/aromatic N) is 2. The first-order valence-electron chi connectivity index (χ1n) is 5.99. The third kappa shape index (κ3) is 2.95. The van der Waals surface area contributed by atoms with Crippen molar-refractivity contribution in [3.8, 4) is 0 Å². The number of thioether (sulfide) groups is 1. The van der Waals surface area contributed by atoms with E-state index >= 15 is 0 Å². The zero-order chi connectivity index (χ0) is 11.2. The predicted molar refractivity (Wildman–Crippen MR) is 68.5 cm³/mol. The summed E-state index contributed by atoms with van der Waals surface area (Å²) in [5, 5.41) is 3.61. The normalized spacial score (nSPS) is 22.2. The highest BCUT2D eigenvalue weighted by Crippen LogP contribution is 2.33. The Labute approximate surface area is 101 Å². The minimum atomic E-state index is 0.392. The molecule has 0 aliphatic carbocycles. The van der Waals surface area contributed by atoms with E-state index in [1.165, 1.54) is 17.9 Å². The van der Waals surface area contributed by atoms with Gasteiger partial charge in [0, 0.05) is 18.6 Å². The van der Waals surface area contributed by atoms with Crippen LogP contribution in [-0.2, 0) is 0 Å². The maximum absolute atomic E-state index is 4.44. The number of aromatic nitrogens is 2. The molecule has 1 aromatic rings. The van der Waals surface area contributed by atoms with Crippen LogP contribution in [0.3, 0.4) is 0 Å². The molecule has 1 fully saturated rings. The summed E-state index contributed by atoms with van der Waals surface area (Å²) in [6.45, 7) is 3.26. The molecule has 0 amide bonds. The van der Waals surface area contributed by atoms with E-state index < -0.39 is 0 Å². The molecule has 0 bridgehead atoms. The van der Waals surface area contributed by atoms with Crippen LogP contribution in [0.15, 0.2) is 18.6 Å². The van der Waals surface area contributed by atoms with Crippen LogP contribution in [0.4, 0.5) is 0 Å². The number of hydrogen-bond acceptors (Lipinski definition) is 4. The van der Waals surface area contributed by atoms with Gasteiger partial charge in [0.2, 0.25) is 0 Å². The molecule has 4 heteroatoms. The van der Waals surface area contributed by atoms with Gasteiger partial charge in [0.15, 0.2) is 0 Å². The smallest absolute Gasteiger partial charge is 0.0759 e. The first kappa shape index (κ1) is 11.9. The molecule has 2 atom stereocenters. The fourth-order valence-corrected chi connectivity index (χ4v) is 3.40. The highest BCUT2D eigenvalue weighted by molar-refractivity contribution is 7.99. The van der Waals surface area contributed by atoms with Gasteiger partial charge in [-0.25, -0.2) is 0 Å². The lowest BCUT2D eigenvalue weighted by Gasteiger charge is -2.23. The summed E-state index contributed by atoms with van der Waals surface area (Å²) < 4.78 is 0. The van der Waals surface area contributed by atoms with E-state index in [0.717, 1.165) is 18.7 Å². The van der Waals surface area contributed by atoms with Crippen LogP contribution in [0.5, 0.6) is 0 Å². The van der Waals surface area contributed by atoms with Crippen molar-refractivity contribution in [3.63, 3.8) is 0 Å². The zero-order valence-electron chi connectivity index (χ0n) is 9.72. The molecule has 1 N–H and O–H groups in total. The van der Waals surface area contributed by atoms with Gasteiger partial charge >= 0.3 is 0 Å². The van der Waals surface area contributed by atoms with E-state index in [4.69, 9.17) is 0 Å². The number of rotatable bonds is 5. The lowest BCUT2D eigenvalue weighted by molar-refractivity contribution is 0.385. The minimum absolute atomic E-state index is 0.392. The van der Waals surface area contributed by atoms with Crippen molar-refractivity contribution in [1.82, 2.24) is 15.3 Å². The van der Waals surface area contributed by atoms with Gasteiger partial charge in [0.05, 0.1) is 11.7 Å². The molecule has 16 heavy (non-hydrogen) atoms. The highest BCUT2D eigenvalue weighted by atomic mass is 32.2. The molecule has 2 heterocycles. The third-order valence-corrected chi connectivity index (χ3v) is 4.14. The zero-order valence-corrected chi connectivity index (χ0v) is 10.5.